The van der Waals surface area contributed by atoms with Gasteiger partial charge in [-0.05, 0) is 55.2 Å². The van der Waals surface area contributed by atoms with Gasteiger partial charge in [-0.1, -0.05) is 26.0 Å². The second-order valence-corrected chi connectivity index (χ2v) is 6.69. The van der Waals surface area contributed by atoms with Gasteiger partial charge in [0.05, 0.1) is 0 Å². The Morgan fingerprint density at radius 1 is 1.35 bits per heavy atom. The molecule has 1 N–H and O–H groups in total. The van der Waals surface area contributed by atoms with Crippen LogP contribution < -0.4 is 10.1 Å². The predicted octanol–water partition coefficient (Wildman–Crippen LogP) is 3.43. The van der Waals surface area contributed by atoms with Gasteiger partial charge in [-0.25, -0.2) is 0 Å². The van der Waals surface area contributed by atoms with E-state index in [1.807, 2.05) is 19.1 Å². The number of nitrogens with one attached hydrogen (secondary N) is 1. The number of hydrogen-bond acceptors (Lipinski definition) is 3. The molecule has 0 bridgehead atoms. The third-order valence-corrected chi connectivity index (χ3v) is 4.08. The maximum Gasteiger partial charge on any atom is 0.257 e. The van der Waals surface area contributed by atoms with Crippen LogP contribution in [-0.2, 0) is 9.53 Å². The Hall–Kier alpha value is -1.55. The largest absolute Gasteiger partial charge is 0.483 e. The van der Waals surface area contributed by atoms with Gasteiger partial charge in [-0.2, -0.15) is 0 Å². The van der Waals surface area contributed by atoms with Crippen molar-refractivity contribution in [3.8, 4) is 5.75 Å². The summed E-state index contributed by atoms with van der Waals surface area (Å²) in [5.41, 5.74) is 2.27. The zero-order valence-corrected chi connectivity index (χ0v) is 14.6. The average Bonchev–Trinajstić information content (AvgIpc) is 3.34. The molecule has 0 aliphatic heterocycles. The third kappa shape index (κ3) is 6.61. The summed E-state index contributed by atoms with van der Waals surface area (Å²) in [6.07, 6.45) is 3.47. The number of carbonyl (C=O) groups excluding carboxylic acids is 1. The Morgan fingerprint density at radius 2 is 2.13 bits per heavy atom. The number of rotatable bonds is 10. The Labute approximate surface area is 139 Å². The Morgan fingerprint density at radius 3 is 2.83 bits per heavy atom. The van der Waals surface area contributed by atoms with Gasteiger partial charge >= 0.3 is 0 Å². The van der Waals surface area contributed by atoms with Gasteiger partial charge < -0.3 is 14.8 Å². The summed E-state index contributed by atoms with van der Waals surface area (Å²) in [4.78, 5) is 11.8. The summed E-state index contributed by atoms with van der Waals surface area (Å²) in [7, 11) is 0. The van der Waals surface area contributed by atoms with Gasteiger partial charge in [-0.15, -0.1) is 0 Å². The fourth-order valence-electron chi connectivity index (χ4n) is 2.26. The lowest BCUT2D eigenvalue weighted by molar-refractivity contribution is -0.123. The van der Waals surface area contributed by atoms with E-state index in [2.05, 4.69) is 25.2 Å². The number of carbonyl (C=O) groups is 1. The van der Waals surface area contributed by atoms with E-state index in [0.717, 1.165) is 30.3 Å². The molecule has 1 amide bonds. The second-order valence-electron chi connectivity index (χ2n) is 6.69. The predicted molar refractivity (Wildman–Crippen MR) is 91.9 cm³/mol. The molecule has 0 heterocycles. The van der Waals surface area contributed by atoms with Gasteiger partial charge in [-0.3, -0.25) is 4.79 Å². The van der Waals surface area contributed by atoms with Gasteiger partial charge in [0.15, 0.2) is 6.61 Å². The van der Waals surface area contributed by atoms with E-state index in [4.69, 9.17) is 9.47 Å². The van der Waals surface area contributed by atoms with Crippen LogP contribution in [0.1, 0.15) is 50.2 Å². The summed E-state index contributed by atoms with van der Waals surface area (Å²) >= 11 is 0. The fraction of sp³-hybridized carbons (Fsp3) is 0.632. The van der Waals surface area contributed by atoms with Crippen LogP contribution in [0.15, 0.2) is 18.2 Å². The highest BCUT2D eigenvalue weighted by molar-refractivity contribution is 5.77. The van der Waals surface area contributed by atoms with E-state index < -0.39 is 0 Å². The van der Waals surface area contributed by atoms with E-state index in [1.165, 1.54) is 18.4 Å². The Bertz CT molecular complexity index is 509. The molecule has 0 unspecified atom stereocenters. The summed E-state index contributed by atoms with van der Waals surface area (Å²) < 4.78 is 11.2. The van der Waals surface area contributed by atoms with Crippen molar-refractivity contribution in [2.75, 3.05) is 26.4 Å². The molecule has 0 spiro atoms. The van der Waals surface area contributed by atoms with Crippen molar-refractivity contribution >= 4 is 5.91 Å². The second kappa shape index (κ2) is 8.92. The van der Waals surface area contributed by atoms with Crippen LogP contribution in [-0.4, -0.2) is 32.3 Å². The molecule has 4 heteroatoms. The summed E-state index contributed by atoms with van der Waals surface area (Å²) in [6.45, 7) is 8.58. The minimum absolute atomic E-state index is 0.0608. The smallest absolute Gasteiger partial charge is 0.257 e. The number of ether oxygens (including phenoxy) is 2. The van der Waals surface area contributed by atoms with Gasteiger partial charge in [0.25, 0.3) is 5.91 Å². The molecule has 0 aromatic heterocycles. The van der Waals surface area contributed by atoms with E-state index >= 15 is 0 Å². The lowest BCUT2D eigenvalue weighted by atomic mass is 10.0. The van der Waals surface area contributed by atoms with Crippen molar-refractivity contribution < 1.29 is 14.3 Å². The van der Waals surface area contributed by atoms with Gasteiger partial charge in [0, 0.05) is 19.8 Å². The van der Waals surface area contributed by atoms with Crippen molar-refractivity contribution in [3.63, 3.8) is 0 Å². The number of amides is 1. The van der Waals surface area contributed by atoms with Crippen LogP contribution in [0.4, 0.5) is 0 Å². The molecule has 128 valence electrons. The zero-order valence-electron chi connectivity index (χ0n) is 14.6. The lowest BCUT2D eigenvalue weighted by Crippen LogP contribution is -2.30. The molecule has 0 radical (unpaired) electrons. The van der Waals surface area contributed by atoms with E-state index in [-0.39, 0.29) is 12.5 Å². The summed E-state index contributed by atoms with van der Waals surface area (Å²) in [5.74, 6) is 1.95. The minimum atomic E-state index is -0.0819. The highest BCUT2D eigenvalue weighted by Gasteiger charge is 2.20. The number of hydrogen-bond donors (Lipinski definition) is 1. The molecular weight excluding hydrogens is 290 g/mol. The molecule has 1 aliphatic carbocycles. The molecule has 4 nitrogen and oxygen atoms in total. The highest BCUT2D eigenvalue weighted by Crippen LogP contribution is 2.28. The molecule has 23 heavy (non-hydrogen) atoms. The Balaban J connectivity index is 1.62. The number of aryl methyl sites for hydroxylation is 1. The molecule has 1 saturated carbocycles. The molecule has 1 fully saturated rings. The monoisotopic (exact) mass is 319 g/mol. The SMILES string of the molecule is Cc1ccc(C(C)C)cc1OCC(=O)NCCCOCC1CC1. The first-order valence-electron chi connectivity index (χ1n) is 8.64. The maximum absolute atomic E-state index is 11.8. The molecule has 1 aromatic carbocycles. The van der Waals surface area contributed by atoms with Crippen molar-refractivity contribution in [1.82, 2.24) is 5.32 Å². The fourth-order valence-corrected chi connectivity index (χ4v) is 2.26. The van der Waals surface area contributed by atoms with Crippen LogP contribution in [0.5, 0.6) is 5.75 Å². The summed E-state index contributed by atoms with van der Waals surface area (Å²) in [5, 5.41) is 2.87. The van der Waals surface area contributed by atoms with Crippen molar-refractivity contribution in [2.45, 2.75) is 46.0 Å². The van der Waals surface area contributed by atoms with Crippen LogP contribution in [0, 0.1) is 12.8 Å². The van der Waals surface area contributed by atoms with Crippen molar-refractivity contribution in [1.29, 1.82) is 0 Å². The molecule has 2 rings (SSSR count). The molecule has 1 aromatic rings. The maximum atomic E-state index is 11.8. The lowest BCUT2D eigenvalue weighted by Gasteiger charge is -2.13. The van der Waals surface area contributed by atoms with E-state index in [9.17, 15) is 4.79 Å². The zero-order chi connectivity index (χ0) is 16.7. The van der Waals surface area contributed by atoms with E-state index in [0.29, 0.717) is 19.1 Å². The third-order valence-electron chi connectivity index (χ3n) is 4.08. The molecule has 1 aliphatic rings. The van der Waals surface area contributed by atoms with Crippen molar-refractivity contribution in [2.24, 2.45) is 5.92 Å². The minimum Gasteiger partial charge on any atom is -0.483 e. The first kappa shape index (κ1) is 17.8. The normalized spacial score (nSPS) is 14.1. The highest BCUT2D eigenvalue weighted by atomic mass is 16.5. The van der Waals surface area contributed by atoms with Crippen molar-refractivity contribution in [3.05, 3.63) is 29.3 Å². The first-order valence-corrected chi connectivity index (χ1v) is 8.64. The van der Waals surface area contributed by atoms with Crippen LogP contribution >= 0.6 is 0 Å². The molecular formula is C19H29NO3. The van der Waals surface area contributed by atoms with E-state index in [1.54, 1.807) is 0 Å². The first-order chi connectivity index (χ1) is 11.1. The standard InChI is InChI=1S/C19H29NO3/c1-14(2)17-8-5-15(3)18(11-17)23-13-19(21)20-9-4-10-22-12-16-6-7-16/h5,8,11,14,16H,4,6-7,9-10,12-13H2,1-3H3,(H,20,21). The molecule has 0 saturated heterocycles. The van der Waals surface area contributed by atoms with Gasteiger partial charge in [0.1, 0.15) is 5.75 Å². The molecule has 0 atom stereocenters. The van der Waals surface area contributed by atoms with Crippen LogP contribution in [0.2, 0.25) is 0 Å². The average molecular weight is 319 g/mol. The van der Waals surface area contributed by atoms with Crippen LogP contribution in [0.25, 0.3) is 0 Å². The number of benzene rings is 1. The quantitative estimate of drug-likeness (QED) is 0.672. The summed E-state index contributed by atoms with van der Waals surface area (Å²) in [6, 6.07) is 6.17. The topological polar surface area (TPSA) is 47.6 Å². The van der Waals surface area contributed by atoms with Gasteiger partial charge in [0.2, 0.25) is 0 Å². The Kier molecular flexibility index (Phi) is 6.90. The van der Waals surface area contributed by atoms with Crippen LogP contribution in [0.3, 0.4) is 0 Å².